The summed E-state index contributed by atoms with van der Waals surface area (Å²) < 4.78 is 0. The van der Waals surface area contributed by atoms with Gasteiger partial charge in [-0.2, -0.15) is 0 Å². The van der Waals surface area contributed by atoms with Gasteiger partial charge >= 0.3 is 5.97 Å². The summed E-state index contributed by atoms with van der Waals surface area (Å²) in [7, 11) is 0. The van der Waals surface area contributed by atoms with Gasteiger partial charge in [0.1, 0.15) is 5.78 Å². The van der Waals surface area contributed by atoms with Crippen molar-refractivity contribution in [3.05, 3.63) is 12.2 Å². The fourth-order valence-electron chi connectivity index (χ4n) is 2.19. The number of rotatable bonds is 5. The lowest BCUT2D eigenvalue weighted by atomic mass is 9.89. The predicted molar refractivity (Wildman–Crippen MR) is 58.9 cm³/mol. The monoisotopic (exact) mass is 226 g/mol. The van der Waals surface area contributed by atoms with Crippen molar-refractivity contribution in [2.45, 2.75) is 38.7 Å². The summed E-state index contributed by atoms with van der Waals surface area (Å²) >= 11 is 0. The van der Waals surface area contributed by atoms with E-state index in [1.807, 2.05) is 0 Å². The Morgan fingerprint density at radius 3 is 2.88 bits per heavy atom. The molecule has 0 heterocycles. The van der Waals surface area contributed by atoms with Crippen molar-refractivity contribution in [1.29, 1.82) is 0 Å². The van der Waals surface area contributed by atoms with Crippen molar-refractivity contribution in [3.8, 4) is 0 Å². The van der Waals surface area contributed by atoms with Crippen molar-refractivity contribution < 1.29 is 19.8 Å². The van der Waals surface area contributed by atoms with Gasteiger partial charge in [0.05, 0.1) is 6.10 Å². The van der Waals surface area contributed by atoms with Crippen LogP contribution in [0.5, 0.6) is 0 Å². The largest absolute Gasteiger partial charge is 0.481 e. The molecule has 0 aliphatic heterocycles. The van der Waals surface area contributed by atoms with Crippen LogP contribution in [0.3, 0.4) is 0 Å². The van der Waals surface area contributed by atoms with Crippen LogP contribution in [-0.4, -0.2) is 28.1 Å². The van der Waals surface area contributed by atoms with Crippen LogP contribution in [0.2, 0.25) is 0 Å². The van der Waals surface area contributed by atoms with Gasteiger partial charge in [0.15, 0.2) is 0 Å². The summed E-state index contributed by atoms with van der Waals surface area (Å²) in [6.07, 6.45) is 4.66. The smallest absolute Gasteiger partial charge is 0.303 e. The molecular weight excluding hydrogens is 208 g/mol. The minimum absolute atomic E-state index is 0.0383. The molecule has 16 heavy (non-hydrogen) atoms. The Balaban J connectivity index is 2.53. The number of hydrogen-bond donors (Lipinski definition) is 2. The van der Waals surface area contributed by atoms with E-state index in [1.54, 1.807) is 19.1 Å². The first-order valence-electron chi connectivity index (χ1n) is 5.60. The maximum atomic E-state index is 11.6. The second-order valence-corrected chi connectivity index (χ2v) is 4.37. The second-order valence-electron chi connectivity index (χ2n) is 4.37. The van der Waals surface area contributed by atoms with E-state index in [2.05, 4.69) is 0 Å². The van der Waals surface area contributed by atoms with E-state index in [1.165, 1.54) is 0 Å². The average molecular weight is 226 g/mol. The highest BCUT2D eigenvalue weighted by atomic mass is 16.4. The fourth-order valence-corrected chi connectivity index (χ4v) is 2.19. The normalized spacial score (nSPS) is 27.5. The molecule has 0 amide bonds. The molecule has 0 aromatic rings. The molecule has 1 fully saturated rings. The molecule has 1 aliphatic rings. The molecule has 3 atom stereocenters. The van der Waals surface area contributed by atoms with Gasteiger partial charge in [0.2, 0.25) is 0 Å². The molecule has 1 rings (SSSR count). The third-order valence-corrected chi connectivity index (χ3v) is 2.99. The highest BCUT2D eigenvalue weighted by Gasteiger charge is 2.34. The van der Waals surface area contributed by atoms with E-state index < -0.39 is 12.1 Å². The number of allylic oxidation sites excluding steroid dienone is 1. The number of carbonyl (C=O) groups is 2. The molecule has 1 saturated carbocycles. The van der Waals surface area contributed by atoms with Gasteiger partial charge in [-0.3, -0.25) is 9.59 Å². The van der Waals surface area contributed by atoms with Crippen LogP contribution in [0.4, 0.5) is 0 Å². The maximum absolute atomic E-state index is 11.6. The lowest BCUT2D eigenvalue weighted by molar-refractivity contribution is -0.138. The topological polar surface area (TPSA) is 74.6 Å². The van der Waals surface area contributed by atoms with Crippen LogP contribution >= 0.6 is 0 Å². The molecule has 4 nitrogen and oxygen atoms in total. The molecule has 2 N–H and O–H groups in total. The molecule has 0 spiro atoms. The van der Waals surface area contributed by atoms with Crippen LogP contribution in [0.15, 0.2) is 12.2 Å². The minimum Gasteiger partial charge on any atom is -0.481 e. The number of carbonyl (C=O) groups excluding carboxylic acids is 1. The van der Waals surface area contributed by atoms with Crippen molar-refractivity contribution in [3.63, 3.8) is 0 Å². The Labute approximate surface area is 95.0 Å². The highest BCUT2D eigenvalue weighted by Crippen LogP contribution is 2.33. The molecule has 1 unspecified atom stereocenters. The number of ketones is 1. The molecule has 1 aliphatic carbocycles. The number of carboxylic acid groups (broad SMARTS) is 1. The highest BCUT2D eigenvalue weighted by molar-refractivity contribution is 5.84. The summed E-state index contributed by atoms with van der Waals surface area (Å²) in [5, 5.41) is 17.8. The molecule has 0 aromatic carbocycles. The van der Waals surface area contributed by atoms with E-state index >= 15 is 0 Å². The van der Waals surface area contributed by atoms with Gasteiger partial charge in [-0.25, -0.2) is 0 Å². The van der Waals surface area contributed by atoms with E-state index in [9.17, 15) is 9.59 Å². The number of hydrogen-bond acceptors (Lipinski definition) is 3. The molecule has 0 aromatic heterocycles. The zero-order chi connectivity index (χ0) is 12.1. The molecular formula is C12H18O4. The Morgan fingerprint density at radius 2 is 2.31 bits per heavy atom. The van der Waals surface area contributed by atoms with Crippen molar-refractivity contribution >= 4 is 11.8 Å². The van der Waals surface area contributed by atoms with Gasteiger partial charge in [0, 0.05) is 18.8 Å². The maximum Gasteiger partial charge on any atom is 0.303 e. The Kier molecular flexibility index (Phi) is 4.68. The van der Waals surface area contributed by atoms with Crippen molar-refractivity contribution in [2.24, 2.45) is 11.8 Å². The van der Waals surface area contributed by atoms with E-state index in [4.69, 9.17) is 10.2 Å². The Hall–Kier alpha value is -1.16. The van der Waals surface area contributed by atoms with Crippen LogP contribution < -0.4 is 0 Å². The van der Waals surface area contributed by atoms with Gasteiger partial charge in [0.25, 0.3) is 0 Å². The molecule has 0 saturated heterocycles. The minimum atomic E-state index is -0.843. The van der Waals surface area contributed by atoms with Gasteiger partial charge in [-0.05, 0) is 25.7 Å². The summed E-state index contributed by atoms with van der Waals surface area (Å²) in [6.45, 7) is 1.64. The molecule has 0 bridgehead atoms. The van der Waals surface area contributed by atoms with E-state index in [0.717, 1.165) is 0 Å². The second kappa shape index (κ2) is 5.80. The number of aliphatic carboxylic acids is 1. The zero-order valence-corrected chi connectivity index (χ0v) is 9.43. The van der Waals surface area contributed by atoms with Gasteiger partial charge in [-0.15, -0.1) is 0 Å². The first-order valence-corrected chi connectivity index (χ1v) is 5.60. The van der Waals surface area contributed by atoms with Gasteiger partial charge < -0.3 is 10.2 Å². The SMILES string of the molecule is CC(O)/C=C\C[C@@H]1C(=O)CC[C@@H]1CC(=O)O. The van der Waals surface area contributed by atoms with Gasteiger partial charge in [-0.1, -0.05) is 12.2 Å². The summed E-state index contributed by atoms with van der Waals surface area (Å²) in [6, 6.07) is 0. The first kappa shape index (κ1) is 12.9. The van der Waals surface area contributed by atoms with Crippen LogP contribution in [-0.2, 0) is 9.59 Å². The zero-order valence-electron chi connectivity index (χ0n) is 9.43. The predicted octanol–water partition coefficient (Wildman–Crippen LogP) is 1.38. The van der Waals surface area contributed by atoms with Crippen molar-refractivity contribution in [1.82, 2.24) is 0 Å². The molecule has 90 valence electrons. The van der Waals surface area contributed by atoms with E-state index in [0.29, 0.717) is 19.3 Å². The number of carboxylic acids is 1. The van der Waals surface area contributed by atoms with Crippen LogP contribution in [0.25, 0.3) is 0 Å². The fraction of sp³-hybridized carbons (Fsp3) is 0.667. The third kappa shape index (κ3) is 3.77. The quantitative estimate of drug-likeness (QED) is 0.694. The summed E-state index contributed by atoms with van der Waals surface area (Å²) in [5.41, 5.74) is 0. The number of Topliss-reactive ketones (excluding diaryl/α,β-unsaturated/α-hetero) is 1. The average Bonchev–Trinajstić information content (AvgIpc) is 2.48. The summed E-state index contributed by atoms with van der Waals surface area (Å²) in [5.74, 6) is -0.902. The van der Waals surface area contributed by atoms with Crippen LogP contribution in [0.1, 0.15) is 32.6 Å². The summed E-state index contributed by atoms with van der Waals surface area (Å²) in [4.78, 5) is 22.2. The standard InChI is InChI=1S/C12H18O4/c1-8(13)3-2-4-10-9(7-12(15)16)5-6-11(10)14/h2-3,8-10,13H,4-7H2,1H3,(H,15,16)/b3-2-/t8?,9-,10+/m1/s1. The van der Waals surface area contributed by atoms with Crippen molar-refractivity contribution in [2.75, 3.05) is 0 Å². The lowest BCUT2D eigenvalue weighted by Gasteiger charge is -2.14. The number of aliphatic hydroxyl groups is 1. The van der Waals surface area contributed by atoms with Crippen LogP contribution in [0, 0.1) is 11.8 Å². The first-order chi connectivity index (χ1) is 7.50. The lowest BCUT2D eigenvalue weighted by Crippen LogP contribution is -2.17. The molecule has 0 radical (unpaired) electrons. The Morgan fingerprint density at radius 1 is 1.62 bits per heavy atom. The number of aliphatic hydroxyl groups excluding tert-OH is 1. The third-order valence-electron chi connectivity index (χ3n) is 2.99. The molecule has 4 heteroatoms. The van der Waals surface area contributed by atoms with E-state index in [-0.39, 0.29) is 24.0 Å². The Bertz CT molecular complexity index is 293.